The Balaban J connectivity index is 1.66. The Labute approximate surface area is 108 Å². The average Bonchev–Trinajstić information content (AvgIpc) is 2.28. The molecular formula is C13H23N3S. The molecule has 0 aromatic rings. The molecule has 4 fully saturated rings. The van der Waals surface area contributed by atoms with E-state index in [2.05, 4.69) is 10.4 Å². The molecule has 0 heterocycles. The predicted molar refractivity (Wildman–Crippen MR) is 73.7 cm³/mol. The fourth-order valence-electron chi connectivity index (χ4n) is 4.86. The van der Waals surface area contributed by atoms with Crippen LogP contribution in [0.1, 0.15) is 38.5 Å². The number of nitrogens with two attached hydrogens (primary N) is 1. The summed E-state index contributed by atoms with van der Waals surface area (Å²) in [7, 11) is 1.81. The first kappa shape index (κ1) is 11.8. The van der Waals surface area contributed by atoms with E-state index in [0.717, 1.165) is 22.9 Å². The molecule has 0 atom stereocenters. The molecule has 17 heavy (non-hydrogen) atoms. The number of hydrogen-bond donors (Lipinski definition) is 2. The van der Waals surface area contributed by atoms with Gasteiger partial charge in [0.1, 0.15) is 0 Å². The van der Waals surface area contributed by atoms with Crippen molar-refractivity contribution in [3.63, 3.8) is 0 Å². The minimum Gasteiger partial charge on any atom is -0.303 e. The second kappa shape index (κ2) is 4.47. The van der Waals surface area contributed by atoms with Gasteiger partial charge in [-0.25, -0.2) is 5.84 Å². The first-order chi connectivity index (χ1) is 8.23. The molecule has 4 rings (SSSR count). The predicted octanol–water partition coefficient (Wildman–Crippen LogP) is 2.39. The number of hydrogen-bond acceptors (Lipinski definition) is 3. The summed E-state index contributed by atoms with van der Waals surface area (Å²) in [4.78, 5) is 4.17. The maximum Gasteiger partial charge on any atom is 0.170 e. The quantitative estimate of drug-likeness (QED) is 0.344. The molecule has 4 aliphatic rings. The second-order valence-electron chi connectivity index (χ2n) is 6.38. The number of nitrogens with zero attached hydrogens (tertiary/aromatic N) is 1. The SMILES string of the molecule is CN=C(NN)SCC12CC3CC(CC(C3)C1)C2. The number of hydrazine groups is 1. The summed E-state index contributed by atoms with van der Waals surface area (Å²) in [5.41, 5.74) is 3.31. The number of rotatable bonds is 2. The second-order valence-corrected chi connectivity index (χ2v) is 7.34. The van der Waals surface area contributed by atoms with Gasteiger partial charge in [0.2, 0.25) is 0 Å². The van der Waals surface area contributed by atoms with E-state index in [4.69, 9.17) is 5.84 Å². The van der Waals surface area contributed by atoms with Crippen LogP contribution in [0.4, 0.5) is 0 Å². The van der Waals surface area contributed by atoms with Crippen molar-refractivity contribution in [1.82, 2.24) is 5.43 Å². The lowest BCUT2D eigenvalue weighted by Gasteiger charge is -2.56. The molecule has 0 saturated heterocycles. The van der Waals surface area contributed by atoms with Crippen LogP contribution in [0.15, 0.2) is 4.99 Å². The van der Waals surface area contributed by atoms with Crippen molar-refractivity contribution in [2.45, 2.75) is 38.5 Å². The minimum absolute atomic E-state index is 0.617. The smallest absolute Gasteiger partial charge is 0.170 e. The topological polar surface area (TPSA) is 50.4 Å². The Morgan fingerprint density at radius 1 is 1.24 bits per heavy atom. The van der Waals surface area contributed by atoms with Gasteiger partial charge in [-0.2, -0.15) is 0 Å². The van der Waals surface area contributed by atoms with Crippen LogP contribution in [0.2, 0.25) is 0 Å². The molecule has 4 bridgehead atoms. The Kier molecular flexibility index (Phi) is 3.11. The summed E-state index contributed by atoms with van der Waals surface area (Å²) in [6.45, 7) is 0. The summed E-state index contributed by atoms with van der Waals surface area (Å²) in [5, 5.41) is 0.890. The fraction of sp³-hybridized carbons (Fsp3) is 0.923. The van der Waals surface area contributed by atoms with Gasteiger partial charge in [0.15, 0.2) is 5.17 Å². The number of amidine groups is 1. The van der Waals surface area contributed by atoms with Crippen LogP contribution in [-0.2, 0) is 0 Å². The first-order valence-corrected chi connectivity index (χ1v) is 7.78. The lowest BCUT2D eigenvalue weighted by atomic mass is 9.50. The molecule has 4 heteroatoms. The van der Waals surface area contributed by atoms with Crippen LogP contribution in [0.3, 0.4) is 0 Å². The number of thioether (sulfide) groups is 1. The molecule has 0 spiro atoms. The molecule has 3 N–H and O–H groups in total. The molecule has 4 saturated carbocycles. The monoisotopic (exact) mass is 253 g/mol. The third-order valence-electron chi connectivity index (χ3n) is 5.01. The van der Waals surface area contributed by atoms with Gasteiger partial charge < -0.3 is 5.43 Å². The van der Waals surface area contributed by atoms with Crippen LogP contribution in [0.5, 0.6) is 0 Å². The van der Waals surface area contributed by atoms with Crippen LogP contribution in [0.25, 0.3) is 0 Å². The van der Waals surface area contributed by atoms with Crippen molar-refractivity contribution in [2.24, 2.45) is 34.0 Å². The zero-order chi connectivity index (χ0) is 11.9. The molecule has 0 amide bonds. The van der Waals surface area contributed by atoms with Gasteiger partial charge >= 0.3 is 0 Å². The van der Waals surface area contributed by atoms with E-state index in [1.54, 1.807) is 0 Å². The third kappa shape index (κ3) is 2.22. The van der Waals surface area contributed by atoms with Gasteiger partial charge in [0, 0.05) is 12.8 Å². The summed E-state index contributed by atoms with van der Waals surface area (Å²) in [6.07, 6.45) is 8.96. The third-order valence-corrected chi connectivity index (χ3v) is 6.34. The highest BCUT2D eigenvalue weighted by Crippen LogP contribution is 2.60. The van der Waals surface area contributed by atoms with E-state index in [1.165, 1.54) is 44.3 Å². The zero-order valence-electron chi connectivity index (χ0n) is 10.6. The van der Waals surface area contributed by atoms with Crippen LogP contribution < -0.4 is 11.3 Å². The molecule has 0 aromatic carbocycles. The van der Waals surface area contributed by atoms with Crippen molar-refractivity contribution in [2.75, 3.05) is 12.8 Å². The number of aliphatic imine (C=N–C) groups is 1. The Morgan fingerprint density at radius 3 is 2.18 bits per heavy atom. The maximum absolute atomic E-state index is 5.46. The normalized spacial score (nSPS) is 44.1. The van der Waals surface area contributed by atoms with E-state index >= 15 is 0 Å². The largest absolute Gasteiger partial charge is 0.303 e. The van der Waals surface area contributed by atoms with Crippen LogP contribution in [0, 0.1) is 23.2 Å². The zero-order valence-corrected chi connectivity index (χ0v) is 11.4. The molecule has 3 nitrogen and oxygen atoms in total. The summed E-state index contributed by atoms with van der Waals surface area (Å²) in [5.74, 6) is 9.79. The van der Waals surface area contributed by atoms with E-state index < -0.39 is 0 Å². The van der Waals surface area contributed by atoms with Crippen molar-refractivity contribution in [3.8, 4) is 0 Å². The Hall–Kier alpha value is -0.220. The van der Waals surface area contributed by atoms with Crippen LogP contribution >= 0.6 is 11.8 Å². The summed E-state index contributed by atoms with van der Waals surface area (Å²) in [6, 6.07) is 0. The molecule has 0 aliphatic heterocycles. The molecule has 0 aromatic heterocycles. The maximum atomic E-state index is 5.46. The Morgan fingerprint density at radius 2 is 1.76 bits per heavy atom. The van der Waals surface area contributed by atoms with Gasteiger partial charge in [-0.05, 0) is 61.7 Å². The van der Waals surface area contributed by atoms with Crippen LogP contribution in [-0.4, -0.2) is 18.0 Å². The van der Waals surface area contributed by atoms with Crippen molar-refractivity contribution < 1.29 is 0 Å². The van der Waals surface area contributed by atoms with Crippen molar-refractivity contribution >= 4 is 16.9 Å². The summed E-state index contributed by atoms with van der Waals surface area (Å²) < 4.78 is 0. The molecule has 4 aliphatic carbocycles. The van der Waals surface area contributed by atoms with Gasteiger partial charge in [-0.3, -0.25) is 4.99 Å². The average molecular weight is 253 g/mol. The molecule has 0 unspecified atom stereocenters. The van der Waals surface area contributed by atoms with E-state index in [-0.39, 0.29) is 0 Å². The number of nitrogens with one attached hydrogen (secondary N) is 1. The highest BCUT2D eigenvalue weighted by atomic mass is 32.2. The molecule has 96 valence electrons. The van der Waals surface area contributed by atoms with E-state index in [1.807, 2.05) is 18.8 Å². The fourth-order valence-corrected chi connectivity index (χ4v) is 5.87. The van der Waals surface area contributed by atoms with Gasteiger partial charge in [-0.15, -0.1) is 0 Å². The molecular weight excluding hydrogens is 230 g/mol. The van der Waals surface area contributed by atoms with Crippen molar-refractivity contribution in [1.29, 1.82) is 0 Å². The molecule has 0 radical (unpaired) electrons. The van der Waals surface area contributed by atoms with E-state index in [0.29, 0.717) is 5.41 Å². The van der Waals surface area contributed by atoms with Gasteiger partial charge in [-0.1, -0.05) is 11.8 Å². The summed E-state index contributed by atoms with van der Waals surface area (Å²) >= 11 is 1.82. The highest BCUT2D eigenvalue weighted by Gasteiger charge is 2.50. The van der Waals surface area contributed by atoms with Crippen molar-refractivity contribution in [3.05, 3.63) is 0 Å². The van der Waals surface area contributed by atoms with Gasteiger partial charge in [0.05, 0.1) is 0 Å². The van der Waals surface area contributed by atoms with E-state index in [9.17, 15) is 0 Å². The minimum atomic E-state index is 0.617. The highest BCUT2D eigenvalue weighted by molar-refractivity contribution is 8.13. The lowest BCUT2D eigenvalue weighted by Crippen LogP contribution is -2.47. The first-order valence-electron chi connectivity index (χ1n) is 6.79. The Bertz CT molecular complexity index is 291. The standard InChI is InChI=1S/C13H23N3S/c1-15-12(16-14)17-8-13-5-9-2-10(6-13)4-11(3-9)7-13/h9-11H,2-8,14H2,1H3,(H,15,16). The lowest BCUT2D eigenvalue weighted by molar-refractivity contribution is -0.0380. The van der Waals surface area contributed by atoms with Gasteiger partial charge in [0.25, 0.3) is 0 Å².